The Balaban J connectivity index is 1.42. The lowest BCUT2D eigenvalue weighted by molar-refractivity contribution is -0.135. The fourth-order valence-electron chi connectivity index (χ4n) is 3.92. The molecular weight excluding hydrogens is 338 g/mol. The predicted octanol–water partition coefficient (Wildman–Crippen LogP) is 3.99. The maximum atomic E-state index is 12.6. The smallest absolute Gasteiger partial charge is 0.357 e. The number of rotatable bonds is 3. The summed E-state index contributed by atoms with van der Waals surface area (Å²) in [6.07, 6.45) is 0. The first-order valence-corrected chi connectivity index (χ1v) is 8.82. The number of nitrogens with zero attached hydrogens (tertiary/aromatic N) is 1. The maximum Gasteiger partial charge on any atom is 0.357 e. The zero-order chi connectivity index (χ0) is 18.4. The number of carbonyl (C=O) groups is 2. The van der Waals surface area contributed by atoms with E-state index in [4.69, 9.17) is 4.74 Å². The van der Waals surface area contributed by atoms with Crippen molar-refractivity contribution in [1.82, 2.24) is 0 Å². The summed E-state index contributed by atoms with van der Waals surface area (Å²) in [5, 5.41) is 0. The van der Waals surface area contributed by atoms with Gasteiger partial charge in [-0.25, -0.2) is 9.79 Å². The van der Waals surface area contributed by atoms with Gasteiger partial charge in [-0.2, -0.15) is 0 Å². The summed E-state index contributed by atoms with van der Waals surface area (Å²) >= 11 is 0. The van der Waals surface area contributed by atoms with E-state index in [-0.39, 0.29) is 18.2 Å². The lowest BCUT2D eigenvalue weighted by Gasteiger charge is -2.14. The summed E-state index contributed by atoms with van der Waals surface area (Å²) in [5.41, 5.74) is 5.73. The third-order valence-corrected chi connectivity index (χ3v) is 5.16. The molecule has 1 heterocycles. The van der Waals surface area contributed by atoms with Crippen molar-refractivity contribution in [3.63, 3.8) is 0 Å². The molecule has 1 amide bonds. The quantitative estimate of drug-likeness (QED) is 0.669. The normalized spacial score (nSPS) is 14.4. The van der Waals surface area contributed by atoms with Gasteiger partial charge in [0.2, 0.25) is 0 Å². The van der Waals surface area contributed by atoms with Crippen LogP contribution < -0.4 is 0 Å². The second-order valence-electron chi connectivity index (χ2n) is 6.64. The Morgan fingerprint density at radius 3 is 1.93 bits per heavy atom. The zero-order valence-corrected chi connectivity index (χ0v) is 14.4. The number of amides is 1. The molecule has 4 heteroatoms. The van der Waals surface area contributed by atoms with Gasteiger partial charge in [0.15, 0.2) is 5.71 Å². The Morgan fingerprint density at radius 2 is 1.30 bits per heavy atom. The van der Waals surface area contributed by atoms with Crippen molar-refractivity contribution < 1.29 is 14.3 Å². The van der Waals surface area contributed by atoms with Crippen molar-refractivity contribution in [2.45, 2.75) is 5.92 Å². The first-order valence-electron chi connectivity index (χ1n) is 8.82. The van der Waals surface area contributed by atoms with E-state index >= 15 is 0 Å². The van der Waals surface area contributed by atoms with Gasteiger partial charge in [0.25, 0.3) is 5.91 Å². The molecule has 0 radical (unpaired) electrons. The lowest BCUT2D eigenvalue weighted by Crippen LogP contribution is -2.20. The van der Waals surface area contributed by atoms with Crippen LogP contribution in [-0.2, 0) is 9.53 Å². The highest BCUT2D eigenvalue weighted by molar-refractivity contribution is 6.48. The second kappa shape index (κ2) is 6.02. The van der Waals surface area contributed by atoms with E-state index in [0.29, 0.717) is 11.1 Å². The minimum atomic E-state index is -0.560. The highest BCUT2D eigenvalue weighted by Crippen LogP contribution is 2.44. The first kappa shape index (κ1) is 15.7. The van der Waals surface area contributed by atoms with Gasteiger partial charge in [0.1, 0.15) is 6.61 Å². The molecule has 0 atom stereocenters. The number of carbonyl (C=O) groups excluding carboxylic acids is 2. The molecule has 0 saturated heterocycles. The summed E-state index contributed by atoms with van der Waals surface area (Å²) in [6, 6.07) is 23.3. The van der Waals surface area contributed by atoms with Gasteiger partial charge in [-0.05, 0) is 28.3 Å². The van der Waals surface area contributed by atoms with Gasteiger partial charge in [-0.3, -0.25) is 4.79 Å². The number of hydrogen-bond acceptors (Lipinski definition) is 3. The SMILES string of the molecule is O=C(OCC1c2ccccc2-c2ccccc21)C1=NC(=O)c2ccccc21. The third kappa shape index (κ3) is 2.41. The largest absolute Gasteiger partial charge is 0.460 e. The highest BCUT2D eigenvalue weighted by Gasteiger charge is 2.32. The van der Waals surface area contributed by atoms with Gasteiger partial charge >= 0.3 is 5.97 Å². The summed E-state index contributed by atoms with van der Waals surface area (Å²) < 4.78 is 5.61. The van der Waals surface area contributed by atoms with Gasteiger partial charge < -0.3 is 4.74 Å². The number of esters is 1. The van der Waals surface area contributed by atoms with E-state index in [9.17, 15) is 9.59 Å². The molecule has 27 heavy (non-hydrogen) atoms. The lowest BCUT2D eigenvalue weighted by atomic mass is 9.98. The number of fused-ring (bicyclic) bond motifs is 4. The number of hydrogen-bond donors (Lipinski definition) is 0. The molecule has 0 aromatic heterocycles. The van der Waals surface area contributed by atoms with Crippen molar-refractivity contribution in [3.05, 3.63) is 95.1 Å². The Morgan fingerprint density at radius 1 is 0.778 bits per heavy atom. The summed E-state index contributed by atoms with van der Waals surface area (Å²) in [4.78, 5) is 28.5. The molecule has 5 rings (SSSR count). The Kier molecular flexibility index (Phi) is 3.50. The average Bonchev–Trinajstić information content (AvgIpc) is 3.22. The fourth-order valence-corrected chi connectivity index (χ4v) is 3.92. The van der Waals surface area contributed by atoms with Crippen LogP contribution in [0.1, 0.15) is 33.0 Å². The molecule has 0 saturated carbocycles. The number of aliphatic imine (C=N–C) groups is 1. The van der Waals surface area contributed by atoms with E-state index in [1.54, 1.807) is 24.3 Å². The van der Waals surface area contributed by atoms with Gasteiger partial charge in [-0.15, -0.1) is 0 Å². The Hall–Kier alpha value is -3.53. The average molecular weight is 353 g/mol. The molecule has 0 spiro atoms. The highest BCUT2D eigenvalue weighted by atomic mass is 16.5. The van der Waals surface area contributed by atoms with Crippen molar-refractivity contribution in [3.8, 4) is 11.1 Å². The van der Waals surface area contributed by atoms with Crippen LogP contribution >= 0.6 is 0 Å². The summed E-state index contributed by atoms with van der Waals surface area (Å²) in [5.74, 6) is -0.974. The molecule has 0 unspecified atom stereocenters. The summed E-state index contributed by atoms with van der Waals surface area (Å²) in [6.45, 7) is 0.211. The van der Waals surface area contributed by atoms with Gasteiger partial charge in [0.05, 0.1) is 5.56 Å². The van der Waals surface area contributed by atoms with Crippen molar-refractivity contribution in [2.24, 2.45) is 4.99 Å². The Labute approximate surface area is 156 Å². The Bertz CT molecular complexity index is 1080. The van der Waals surface area contributed by atoms with Crippen LogP contribution in [0.2, 0.25) is 0 Å². The molecule has 0 fully saturated rings. The van der Waals surface area contributed by atoms with E-state index in [2.05, 4.69) is 29.3 Å². The molecule has 3 aromatic rings. The number of ether oxygens (including phenoxy) is 1. The number of benzene rings is 3. The molecule has 4 nitrogen and oxygen atoms in total. The first-order chi connectivity index (χ1) is 13.2. The fraction of sp³-hybridized carbons (Fsp3) is 0.0870. The second-order valence-corrected chi connectivity index (χ2v) is 6.64. The topological polar surface area (TPSA) is 55.7 Å². The maximum absolute atomic E-state index is 12.6. The van der Waals surface area contributed by atoms with Gasteiger partial charge in [-0.1, -0.05) is 66.7 Å². The van der Waals surface area contributed by atoms with Crippen molar-refractivity contribution >= 4 is 17.6 Å². The van der Waals surface area contributed by atoms with Crippen LogP contribution in [-0.4, -0.2) is 24.2 Å². The monoisotopic (exact) mass is 353 g/mol. The molecule has 130 valence electrons. The van der Waals surface area contributed by atoms with Crippen LogP contribution in [0.3, 0.4) is 0 Å². The zero-order valence-electron chi connectivity index (χ0n) is 14.4. The van der Waals surface area contributed by atoms with E-state index in [0.717, 1.165) is 11.1 Å². The van der Waals surface area contributed by atoms with Crippen LogP contribution in [0.25, 0.3) is 11.1 Å². The van der Waals surface area contributed by atoms with Crippen LogP contribution in [0.5, 0.6) is 0 Å². The molecule has 1 aliphatic heterocycles. The molecule has 3 aromatic carbocycles. The van der Waals surface area contributed by atoms with E-state index in [1.165, 1.54) is 11.1 Å². The van der Waals surface area contributed by atoms with Crippen LogP contribution in [0.15, 0.2) is 77.8 Å². The van der Waals surface area contributed by atoms with Crippen molar-refractivity contribution in [2.75, 3.05) is 6.61 Å². The van der Waals surface area contributed by atoms with Crippen molar-refractivity contribution in [1.29, 1.82) is 0 Å². The summed E-state index contributed by atoms with van der Waals surface area (Å²) in [7, 11) is 0. The van der Waals surface area contributed by atoms with Gasteiger partial charge in [0, 0.05) is 11.5 Å². The van der Waals surface area contributed by atoms with E-state index in [1.807, 2.05) is 24.3 Å². The van der Waals surface area contributed by atoms with Crippen LogP contribution in [0.4, 0.5) is 0 Å². The standard InChI is InChI=1S/C23H15NO3/c25-22-19-12-6-5-11-18(19)21(24-22)23(26)27-13-20-16-9-3-1-7-14(16)15-8-2-4-10-17(15)20/h1-12,20H,13H2. The molecule has 0 N–H and O–H groups in total. The minimum Gasteiger partial charge on any atom is -0.460 e. The molecule has 1 aliphatic carbocycles. The molecule has 0 bridgehead atoms. The third-order valence-electron chi connectivity index (χ3n) is 5.16. The minimum absolute atomic E-state index is 0.0192. The van der Waals surface area contributed by atoms with Crippen LogP contribution in [0, 0.1) is 0 Å². The predicted molar refractivity (Wildman–Crippen MR) is 102 cm³/mol. The molecule has 2 aliphatic rings. The molecular formula is C23H15NO3. The van der Waals surface area contributed by atoms with E-state index < -0.39 is 11.9 Å².